The molecular weight excluding hydrogens is 388 g/mol. The Balaban J connectivity index is 1.67. The Labute approximate surface area is 176 Å². The minimum atomic E-state index is -0.317. The average Bonchev–Trinajstić information content (AvgIpc) is 3.04. The molecule has 2 aromatic heterocycles. The van der Waals surface area contributed by atoms with E-state index < -0.39 is 0 Å². The number of thiophene rings is 1. The lowest BCUT2D eigenvalue weighted by Gasteiger charge is -2.35. The van der Waals surface area contributed by atoms with Gasteiger partial charge in [0.2, 0.25) is 5.91 Å². The van der Waals surface area contributed by atoms with Gasteiger partial charge in [0.25, 0.3) is 0 Å². The fourth-order valence-corrected chi connectivity index (χ4v) is 4.97. The second-order valence-corrected chi connectivity index (χ2v) is 8.93. The number of aryl methyl sites for hydroxylation is 2. The van der Waals surface area contributed by atoms with Gasteiger partial charge in [-0.15, -0.1) is 11.3 Å². The number of hydrogen-bond donors (Lipinski definition) is 0. The van der Waals surface area contributed by atoms with E-state index in [-0.39, 0.29) is 23.7 Å². The highest BCUT2D eigenvalue weighted by Gasteiger charge is 2.31. The first-order chi connectivity index (χ1) is 13.9. The molecule has 0 aromatic carbocycles. The van der Waals surface area contributed by atoms with Gasteiger partial charge in [-0.3, -0.25) is 9.59 Å². The summed E-state index contributed by atoms with van der Waals surface area (Å²) in [6.45, 7) is 10.6. The molecule has 158 valence electrons. The molecule has 0 saturated carbocycles. The molecule has 3 heterocycles. The third-order valence-corrected chi connectivity index (χ3v) is 7.00. The summed E-state index contributed by atoms with van der Waals surface area (Å²) in [6, 6.07) is 0. The molecule has 0 aliphatic carbocycles. The van der Waals surface area contributed by atoms with Crippen molar-refractivity contribution in [3.05, 3.63) is 16.8 Å². The van der Waals surface area contributed by atoms with Crippen molar-refractivity contribution in [1.82, 2.24) is 14.9 Å². The maximum absolute atomic E-state index is 13.0. The zero-order valence-corrected chi connectivity index (χ0v) is 18.7. The molecule has 1 aliphatic heterocycles. The smallest absolute Gasteiger partial charge is 0.310 e. The van der Waals surface area contributed by atoms with Gasteiger partial charge in [-0.1, -0.05) is 6.92 Å². The number of fused-ring (bicyclic) bond motifs is 1. The van der Waals surface area contributed by atoms with Crippen LogP contribution in [0.3, 0.4) is 0 Å². The number of amides is 1. The number of aromatic nitrogens is 2. The predicted molar refractivity (Wildman–Crippen MR) is 115 cm³/mol. The number of methoxy groups -OCH3 is 1. The van der Waals surface area contributed by atoms with Crippen molar-refractivity contribution in [2.75, 3.05) is 38.2 Å². The first kappa shape index (κ1) is 21.5. The molecule has 29 heavy (non-hydrogen) atoms. The molecule has 3 rings (SSSR count). The molecule has 1 atom stereocenters. The molecule has 1 aliphatic rings. The Morgan fingerprint density at radius 1 is 1.31 bits per heavy atom. The molecule has 1 saturated heterocycles. The molecule has 1 fully saturated rings. The Bertz CT molecular complexity index is 889. The minimum Gasteiger partial charge on any atom is -0.469 e. The highest BCUT2D eigenvalue weighted by Crippen LogP contribution is 2.35. The maximum atomic E-state index is 13.0. The van der Waals surface area contributed by atoms with E-state index in [9.17, 15) is 9.59 Å². The number of rotatable bonds is 6. The van der Waals surface area contributed by atoms with E-state index in [2.05, 4.69) is 28.7 Å². The van der Waals surface area contributed by atoms with Crippen LogP contribution in [-0.4, -0.2) is 60.0 Å². The van der Waals surface area contributed by atoms with E-state index in [0.717, 1.165) is 42.0 Å². The van der Waals surface area contributed by atoms with Crippen molar-refractivity contribution in [2.45, 2.75) is 40.5 Å². The second-order valence-electron chi connectivity index (χ2n) is 7.72. The summed E-state index contributed by atoms with van der Waals surface area (Å²) in [5, 5.41) is 1.14. The Kier molecular flexibility index (Phi) is 6.72. The average molecular weight is 419 g/mol. The maximum Gasteiger partial charge on any atom is 0.310 e. The Hall–Kier alpha value is -2.22. The van der Waals surface area contributed by atoms with Gasteiger partial charge in [0.1, 0.15) is 17.0 Å². The predicted octanol–water partition coefficient (Wildman–Crippen LogP) is 3.18. The molecule has 2 aromatic rings. The van der Waals surface area contributed by atoms with Crippen molar-refractivity contribution in [2.24, 2.45) is 11.8 Å². The van der Waals surface area contributed by atoms with Crippen LogP contribution < -0.4 is 4.90 Å². The van der Waals surface area contributed by atoms with Gasteiger partial charge >= 0.3 is 5.97 Å². The second kappa shape index (κ2) is 9.07. The lowest BCUT2D eigenvalue weighted by atomic mass is 9.94. The van der Waals surface area contributed by atoms with Gasteiger partial charge in [0, 0.05) is 37.0 Å². The summed E-state index contributed by atoms with van der Waals surface area (Å²) in [4.78, 5) is 40.1. The first-order valence-electron chi connectivity index (χ1n) is 10.2. The number of anilines is 1. The van der Waals surface area contributed by atoms with Gasteiger partial charge in [0.05, 0.1) is 18.4 Å². The van der Waals surface area contributed by atoms with E-state index in [4.69, 9.17) is 4.74 Å². The quantitative estimate of drug-likeness (QED) is 0.671. The number of carbonyl (C=O) groups excluding carboxylic acids is 2. The molecule has 8 heteroatoms. The van der Waals surface area contributed by atoms with E-state index in [1.165, 1.54) is 17.6 Å². The van der Waals surface area contributed by atoms with Gasteiger partial charge in [-0.2, -0.15) is 0 Å². The van der Waals surface area contributed by atoms with Crippen LogP contribution in [0.15, 0.2) is 6.33 Å². The van der Waals surface area contributed by atoms with Crippen molar-refractivity contribution < 1.29 is 14.3 Å². The lowest BCUT2D eigenvalue weighted by Crippen LogP contribution is -2.45. The lowest BCUT2D eigenvalue weighted by molar-refractivity contribution is -0.147. The number of hydrogen-bond acceptors (Lipinski definition) is 7. The van der Waals surface area contributed by atoms with E-state index in [1.54, 1.807) is 29.5 Å². The van der Waals surface area contributed by atoms with Crippen LogP contribution in [0, 0.1) is 25.7 Å². The molecule has 0 radical (unpaired) electrons. The fourth-order valence-electron chi connectivity index (χ4n) is 3.98. The van der Waals surface area contributed by atoms with Crippen LogP contribution in [0.2, 0.25) is 0 Å². The van der Waals surface area contributed by atoms with E-state index in [0.29, 0.717) is 13.1 Å². The molecule has 0 bridgehead atoms. The van der Waals surface area contributed by atoms with Gasteiger partial charge in [-0.05, 0) is 39.2 Å². The van der Waals surface area contributed by atoms with Crippen LogP contribution in [-0.2, 0) is 14.3 Å². The van der Waals surface area contributed by atoms with Crippen molar-refractivity contribution >= 4 is 39.2 Å². The number of nitrogens with zero attached hydrogens (tertiary/aromatic N) is 4. The third kappa shape index (κ3) is 4.37. The Morgan fingerprint density at radius 2 is 2.00 bits per heavy atom. The third-order valence-electron chi connectivity index (χ3n) is 5.88. The highest BCUT2D eigenvalue weighted by molar-refractivity contribution is 7.18. The molecule has 0 N–H and O–H groups in total. The summed E-state index contributed by atoms with van der Waals surface area (Å²) in [5.41, 5.74) is 1.24. The van der Waals surface area contributed by atoms with Crippen molar-refractivity contribution in [3.8, 4) is 0 Å². The number of ether oxygens (including phenoxy) is 1. The zero-order valence-electron chi connectivity index (χ0n) is 17.9. The summed E-state index contributed by atoms with van der Waals surface area (Å²) < 4.78 is 4.80. The van der Waals surface area contributed by atoms with Gasteiger partial charge in [-0.25, -0.2) is 9.97 Å². The first-order valence-corrected chi connectivity index (χ1v) is 11.0. The van der Waals surface area contributed by atoms with Crippen molar-refractivity contribution in [1.29, 1.82) is 0 Å². The normalized spacial score (nSPS) is 16.1. The molecule has 1 unspecified atom stereocenters. The molecule has 7 nitrogen and oxygen atoms in total. The van der Waals surface area contributed by atoms with Crippen LogP contribution >= 0.6 is 11.3 Å². The molecule has 0 spiro atoms. The molecular formula is C21H30N4O3S. The van der Waals surface area contributed by atoms with E-state index >= 15 is 0 Å². The number of carbonyl (C=O) groups is 2. The topological polar surface area (TPSA) is 75.6 Å². The van der Waals surface area contributed by atoms with Gasteiger partial charge in [0.15, 0.2) is 0 Å². The molecule has 1 amide bonds. The van der Waals surface area contributed by atoms with Crippen LogP contribution in [0.1, 0.15) is 37.1 Å². The highest BCUT2D eigenvalue weighted by atomic mass is 32.1. The summed E-state index contributed by atoms with van der Waals surface area (Å²) in [6.07, 6.45) is 3.21. The zero-order chi connectivity index (χ0) is 21.1. The minimum absolute atomic E-state index is 0.0151. The van der Waals surface area contributed by atoms with Crippen LogP contribution in [0.4, 0.5) is 5.82 Å². The number of esters is 1. The summed E-state index contributed by atoms with van der Waals surface area (Å²) in [7, 11) is 1.38. The fraction of sp³-hybridized carbons (Fsp3) is 0.619. The van der Waals surface area contributed by atoms with E-state index in [1.807, 2.05) is 6.92 Å². The summed E-state index contributed by atoms with van der Waals surface area (Å²) >= 11 is 1.70. The SMILES string of the molecule is CCN(CC(C)C(=O)OC)C(=O)C1CCN(c2ncnc3sc(C)c(C)c23)CC1. The standard InChI is InChI=1S/C21H30N4O3S/c1-6-24(11-13(2)21(27)28-5)20(26)16-7-9-25(10-8-16)18-17-14(3)15(4)29-19(17)23-12-22-18/h12-13,16H,6-11H2,1-5H3. The number of piperidine rings is 1. The van der Waals surface area contributed by atoms with Gasteiger partial charge < -0.3 is 14.5 Å². The largest absolute Gasteiger partial charge is 0.469 e. The van der Waals surface area contributed by atoms with Crippen LogP contribution in [0.5, 0.6) is 0 Å². The summed E-state index contributed by atoms with van der Waals surface area (Å²) in [5.74, 6) is 0.509. The van der Waals surface area contributed by atoms with Crippen molar-refractivity contribution in [3.63, 3.8) is 0 Å². The Morgan fingerprint density at radius 3 is 2.62 bits per heavy atom. The monoisotopic (exact) mass is 418 g/mol. The van der Waals surface area contributed by atoms with Crippen LogP contribution in [0.25, 0.3) is 10.2 Å².